The van der Waals surface area contributed by atoms with Gasteiger partial charge in [0.1, 0.15) is 5.82 Å². The maximum absolute atomic E-state index is 12.4. The lowest BCUT2D eigenvalue weighted by molar-refractivity contribution is 0.102. The van der Waals surface area contributed by atoms with Gasteiger partial charge < -0.3 is 5.32 Å². The number of carbonyl (C=O) groups is 1. The molecule has 0 radical (unpaired) electrons. The fraction of sp³-hybridized carbons (Fsp3) is 0.312. The summed E-state index contributed by atoms with van der Waals surface area (Å²) in [5.41, 5.74) is 2.06. The summed E-state index contributed by atoms with van der Waals surface area (Å²) in [5, 5.41) is 3.13. The highest BCUT2D eigenvalue weighted by molar-refractivity contribution is 6.33. The number of nitrogens with zero attached hydrogens (tertiary/aromatic N) is 2. The largest absolute Gasteiger partial charge is 0.320 e. The van der Waals surface area contributed by atoms with Crippen molar-refractivity contribution < 1.29 is 4.79 Å². The monoisotopic (exact) mass is 303 g/mol. The maximum Gasteiger partial charge on any atom is 0.275 e. The van der Waals surface area contributed by atoms with E-state index >= 15 is 0 Å². The lowest BCUT2D eigenvalue weighted by Crippen LogP contribution is -2.17. The summed E-state index contributed by atoms with van der Waals surface area (Å²) in [4.78, 5) is 20.8. The van der Waals surface area contributed by atoms with Crippen LogP contribution in [0, 0.1) is 0 Å². The number of rotatable bonds is 4. The second-order valence-electron chi connectivity index (χ2n) is 5.04. The molecule has 1 N–H and O–H groups in total. The topological polar surface area (TPSA) is 54.9 Å². The van der Waals surface area contributed by atoms with Crippen LogP contribution in [0.25, 0.3) is 0 Å². The Morgan fingerprint density at radius 1 is 1.33 bits per heavy atom. The molecule has 5 heteroatoms. The minimum atomic E-state index is -0.315. The van der Waals surface area contributed by atoms with E-state index in [1.54, 1.807) is 0 Å². The third kappa shape index (κ3) is 3.58. The smallest absolute Gasteiger partial charge is 0.275 e. The Morgan fingerprint density at radius 3 is 2.71 bits per heavy atom. The van der Waals surface area contributed by atoms with Crippen molar-refractivity contribution in [3.63, 3.8) is 0 Å². The van der Waals surface area contributed by atoms with E-state index in [0.29, 0.717) is 5.82 Å². The van der Waals surface area contributed by atoms with Crippen molar-refractivity contribution in [1.29, 1.82) is 0 Å². The number of para-hydroxylation sites is 1. The fourth-order valence-corrected chi connectivity index (χ4v) is 2.13. The maximum atomic E-state index is 12.4. The van der Waals surface area contributed by atoms with Gasteiger partial charge in [-0.1, -0.05) is 50.6 Å². The van der Waals surface area contributed by atoms with Crippen molar-refractivity contribution in [3.8, 4) is 0 Å². The Morgan fingerprint density at radius 2 is 2.05 bits per heavy atom. The van der Waals surface area contributed by atoms with Crippen molar-refractivity contribution in [1.82, 2.24) is 9.97 Å². The summed E-state index contributed by atoms with van der Waals surface area (Å²) < 4.78 is 0. The van der Waals surface area contributed by atoms with Crippen molar-refractivity contribution in [2.45, 2.75) is 33.1 Å². The summed E-state index contributed by atoms with van der Waals surface area (Å²) in [5.74, 6) is 0.426. The molecule has 1 aromatic carbocycles. The average Bonchev–Trinajstić information content (AvgIpc) is 2.47. The molecule has 0 aliphatic rings. The van der Waals surface area contributed by atoms with E-state index in [2.05, 4.69) is 15.3 Å². The first-order chi connectivity index (χ1) is 10.0. The Balaban J connectivity index is 2.30. The first-order valence-corrected chi connectivity index (χ1v) is 7.32. The molecule has 0 fully saturated rings. The van der Waals surface area contributed by atoms with Crippen molar-refractivity contribution in [2.24, 2.45) is 0 Å². The lowest BCUT2D eigenvalue weighted by atomic mass is 10.1. The Kier molecular flexibility index (Phi) is 4.91. The van der Waals surface area contributed by atoms with E-state index in [4.69, 9.17) is 11.6 Å². The van der Waals surface area contributed by atoms with E-state index in [1.165, 1.54) is 6.20 Å². The van der Waals surface area contributed by atoms with Crippen LogP contribution in [0.5, 0.6) is 0 Å². The molecule has 0 aliphatic carbocycles. The molecule has 1 aromatic heterocycles. The first kappa shape index (κ1) is 15.4. The van der Waals surface area contributed by atoms with Gasteiger partial charge in [0, 0.05) is 11.6 Å². The number of halogens is 1. The van der Waals surface area contributed by atoms with Gasteiger partial charge in [0.05, 0.1) is 11.2 Å². The number of hydrogen-bond donors (Lipinski definition) is 1. The second kappa shape index (κ2) is 6.68. The summed E-state index contributed by atoms with van der Waals surface area (Å²) in [6, 6.07) is 7.69. The molecule has 110 valence electrons. The first-order valence-electron chi connectivity index (χ1n) is 6.94. The standard InChI is InChI=1S/C16H18ClN3O/c1-4-11-7-5-6-8-13(11)19-16(21)14-12(17)9-18-15(20-14)10(2)3/h5-10H,4H2,1-3H3,(H,19,21). The molecule has 0 saturated carbocycles. The molecule has 0 aliphatic heterocycles. The number of anilines is 1. The number of amides is 1. The van der Waals surface area contributed by atoms with E-state index < -0.39 is 0 Å². The van der Waals surface area contributed by atoms with Gasteiger partial charge in [-0.3, -0.25) is 4.79 Å². The third-order valence-electron chi connectivity index (χ3n) is 3.14. The van der Waals surface area contributed by atoms with E-state index in [1.807, 2.05) is 45.0 Å². The molecule has 4 nitrogen and oxygen atoms in total. The van der Waals surface area contributed by atoms with Crippen LogP contribution in [0.2, 0.25) is 5.02 Å². The van der Waals surface area contributed by atoms with Crippen LogP contribution in [0.1, 0.15) is 48.6 Å². The van der Waals surface area contributed by atoms with Gasteiger partial charge >= 0.3 is 0 Å². The van der Waals surface area contributed by atoms with E-state index in [9.17, 15) is 4.79 Å². The third-order valence-corrected chi connectivity index (χ3v) is 3.42. The van der Waals surface area contributed by atoms with Gasteiger partial charge in [-0.05, 0) is 18.1 Å². The molecule has 0 atom stereocenters. The molecule has 1 amide bonds. The summed E-state index contributed by atoms with van der Waals surface area (Å²) in [6.07, 6.45) is 2.32. The Labute approximate surface area is 129 Å². The van der Waals surface area contributed by atoms with Gasteiger partial charge in [0.25, 0.3) is 5.91 Å². The van der Waals surface area contributed by atoms with Gasteiger partial charge in [0.15, 0.2) is 5.69 Å². The molecule has 21 heavy (non-hydrogen) atoms. The molecule has 0 saturated heterocycles. The molecule has 0 unspecified atom stereocenters. The summed E-state index contributed by atoms with van der Waals surface area (Å²) in [7, 11) is 0. The number of benzene rings is 1. The number of carbonyl (C=O) groups excluding carboxylic acids is 1. The number of aryl methyl sites for hydroxylation is 1. The van der Waals surface area contributed by atoms with Crippen LogP contribution < -0.4 is 5.32 Å². The van der Waals surface area contributed by atoms with Crippen molar-refractivity contribution >= 4 is 23.2 Å². The fourth-order valence-electron chi connectivity index (χ4n) is 1.95. The van der Waals surface area contributed by atoms with Crippen LogP contribution in [0.15, 0.2) is 30.5 Å². The molecular formula is C16H18ClN3O. The summed E-state index contributed by atoms with van der Waals surface area (Å²) in [6.45, 7) is 5.98. The van der Waals surface area contributed by atoms with Gasteiger partial charge in [0.2, 0.25) is 0 Å². The predicted molar refractivity (Wildman–Crippen MR) is 84.9 cm³/mol. The van der Waals surface area contributed by atoms with Crippen molar-refractivity contribution in [2.75, 3.05) is 5.32 Å². The van der Waals surface area contributed by atoms with Crippen LogP contribution in [-0.2, 0) is 6.42 Å². The zero-order chi connectivity index (χ0) is 15.4. The molecule has 0 bridgehead atoms. The predicted octanol–water partition coefficient (Wildman–Crippen LogP) is 4.07. The quantitative estimate of drug-likeness (QED) is 0.926. The van der Waals surface area contributed by atoms with Crippen LogP contribution in [0.3, 0.4) is 0 Å². The number of aromatic nitrogens is 2. The highest BCUT2D eigenvalue weighted by atomic mass is 35.5. The van der Waals surface area contributed by atoms with Gasteiger partial charge in [-0.25, -0.2) is 9.97 Å². The lowest BCUT2D eigenvalue weighted by Gasteiger charge is -2.11. The molecule has 2 aromatic rings. The van der Waals surface area contributed by atoms with Gasteiger partial charge in [-0.2, -0.15) is 0 Å². The SMILES string of the molecule is CCc1ccccc1NC(=O)c1nc(C(C)C)ncc1Cl. The normalized spacial score (nSPS) is 10.7. The van der Waals surface area contributed by atoms with Crippen molar-refractivity contribution in [3.05, 3.63) is 52.6 Å². The Bertz CT molecular complexity index is 656. The number of nitrogens with one attached hydrogen (secondary N) is 1. The molecule has 2 rings (SSSR count). The highest BCUT2D eigenvalue weighted by Crippen LogP contribution is 2.20. The Hall–Kier alpha value is -1.94. The zero-order valence-electron chi connectivity index (χ0n) is 12.4. The second-order valence-corrected chi connectivity index (χ2v) is 5.45. The summed E-state index contributed by atoms with van der Waals surface area (Å²) >= 11 is 6.05. The van der Waals surface area contributed by atoms with Crippen LogP contribution in [-0.4, -0.2) is 15.9 Å². The van der Waals surface area contributed by atoms with Gasteiger partial charge in [-0.15, -0.1) is 0 Å². The minimum absolute atomic E-state index is 0.136. The number of hydrogen-bond acceptors (Lipinski definition) is 3. The minimum Gasteiger partial charge on any atom is -0.320 e. The average molecular weight is 304 g/mol. The van der Waals surface area contributed by atoms with E-state index in [-0.39, 0.29) is 22.5 Å². The highest BCUT2D eigenvalue weighted by Gasteiger charge is 2.16. The molecular weight excluding hydrogens is 286 g/mol. The molecule has 0 spiro atoms. The van der Waals surface area contributed by atoms with Crippen LogP contribution in [0.4, 0.5) is 5.69 Å². The molecule has 1 heterocycles. The van der Waals surface area contributed by atoms with E-state index in [0.717, 1.165) is 17.7 Å². The van der Waals surface area contributed by atoms with Crippen LogP contribution >= 0.6 is 11.6 Å². The zero-order valence-corrected chi connectivity index (χ0v) is 13.1.